The Balaban J connectivity index is 1.61. The van der Waals surface area contributed by atoms with Crippen LogP contribution < -0.4 is 4.90 Å². The fourth-order valence-corrected chi connectivity index (χ4v) is 6.25. The molecule has 0 bridgehead atoms. The van der Waals surface area contributed by atoms with Crippen molar-refractivity contribution < 1.29 is 14.5 Å². The van der Waals surface area contributed by atoms with E-state index in [4.69, 9.17) is 0 Å². The van der Waals surface area contributed by atoms with E-state index in [1.165, 1.54) is 23.1 Å². The highest BCUT2D eigenvalue weighted by Crippen LogP contribution is 2.57. The molecule has 1 saturated heterocycles. The van der Waals surface area contributed by atoms with Crippen LogP contribution in [-0.2, 0) is 9.59 Å². The van der Waals surface area contributed by atoms with Gasteiger partial charge >= 0.3 is 0 Å². The molecule has 1 N–H and O–H groups in total. The molecule has 5 rings (SSSR count). The Morgan fingerprint density at radius 2 is 1.94 bits per heavy atom. The monoisotopic (exact) mass is 421 g/mol. The number of imide groups is 1. The molecule has 5 atom stereocenters. The maximum atomic E-state index is 13.7. The predicted molar refractivity (Wildman–Crippen MR) is 116 cm³/mol. The Kier molecular flexibility index (Phi) is 4.53. The number of hydrogen-bond donors (Lipinski definition) is 1. The van der Waals surface area contributed by atoms with Crippen LogP contribution in [0.25, 0.3) is 0 Å². The summed E-state index contributed by atoms with van der Waals surface area (Å²) in [5.74, 6) is 0.0410. The van der Waals surface area contributed by atoms with Crippen LogP contribution in [0.2, 0.25) is 0 Å². The predicted octanol–water partition coefficient (Wildman–Crippen LogP) is 4.67. The largest absolute Gasteiger partial charge is 0.362 e. The zero-order chi connectivity index (χ0) is 22.0. The number of carbonyl (C=O) groups excluding carboxylic acids is 2. The highest BCUT2D eigenvalue weighted by Gasteiger charge is 2.58. The van der Waals surface area contributed by atoms with Crippen molar-refractivity contribution in [1.82, 2.24) is 4.98 Å². The van der Waals surface area contributed by atoms with Gasteiger partial charge in [-0.2, -0.15) is 0 Å². The molecule has 0 radical (unpaired) electrons. The van der Waals surface area contributed by atoms with E-state index >= 15 is 0 Å². The molecule has 2 heterocycles. The smallest absolute Gasteiger partial charge is 0.271 e. The maximum Gasteiger partial charge on any atom is 0.271 e. The molecular weight excluding hydrogens is 394 g/mol. The number of aryl methyl sites for hydroxylation is 1. The highest BCUT2D eigenvalue weighted by molar-refractivity contribution is 6.24. The van der Waals surface area contributed by atoms with Crippen LogP contribution in [-0.4, -0.2) is 21.7 Å². The van der Waals surface area contributed by atoms with Crippen LogP contribution in [0, 0.1) is 40.7 Å². The number of H-pyrrole nitrogens is 1. The molecule has 1 aromatic heterocycles. The SMILES string of the molecule is Cc1cc2c([nH]1)[C@@H]1CCC(C(C)C)C[C@@H]1[C@@H]1C(=O)N(c3cccc([N+](=O)[O-])c3)C(=O)[C@H]21. The van der Waals surface area contributed by atoms with Gasteiger partial charge in [-0.05, 0) is 61.6 Å². The van der Waals surface area contributed by atoms with E-state index in [0.717, 1.165) is 36.2 Å². The van der Waals surface area contributed by atoms with Crippen LogP contribution in [0.1, 0.15) is 61.9 Å². The minimum absolute atomic E-state index is 0.108. The third-order valence-corrected chi connectivity index (χ3v) is 7.71. The zero-order valence-electron chi connectivity index (χ0n) is 18.0. The maximum absolute atomic E-state index is 13.7. The van der Waals surface area contributed by atoms with Crippen molar-refractivity contribution in [2.24, 2.45) is 23.7 Å². The summed E-state index contributed by atoms with van der Waals surface area (Å²) in [6.45, 7) is 6.45. The van der Waals surface area contributed by atoms with Crippen LogP contribution in [0.3, 0.4) is 0 Å². The number of hydrogen-bond acceptors (Lipinski definition) is 4. The number of rotatable bonds is 3. The Morgan fingerprint density at radius 1 is 1.16 bits per heavy atom. The van der Waals surface area contributed by atoms with Crippen molar-refractivity contribution in [3.05, 3.63) is 57.4 Å². The Labute approximate surface area is 181 Å². The number of nitro groups is 1. The molecule has 31 heavy (non-hydrogen) atoms. The first-order valence-electron chi connectivity index (χ1n) is 11.1. The summed E-state index contributed by atoms with van der Waals surface area (Å²) in [4.78, 5) is 42.8. The molecule has 2 aromatic rings. The van der Waals surface area contributed by atoms with Crippen molar-refractivity contribution in [3.63, 3.8) is 0 Å². The highest BCUT2D eigenvalue weighted by atomic mass is 16.6. The molecule has 7 heteroatoms. The topological polar surface area (TPSA) is 96.3 Å². The first-order chi connectivity index (χ1) is 14.8. The van der Waals surface area contributed by atoms with Gasteiger partial charge in [-0.25, -0.2) is 4.90 Å². The lowest BCUT2D eigenvalue weighted by Crippen LogP contribution is -2.40. The minimum Gasteiger partial charge on any atom is -0.362 e. The Bertz CT molecular complexity index is 1090. The molecule has 1 saturated carbocycles. The third kappa shape index (κ3) is 2.93. The average molecular weight is 421 g/mol. The molecule has 0 spiro atoms. The molecular formula is C24H27N3O4. The number of aromatic amines is 1. The number of carbonyl (C=O) groups is 2. The number of nitro benzene ring substituents is 1. The molecule has 162 valence electrons. The van der Waals surface area contributed by atoms with Crippen molar-refractivity contribution in [3.8, 4) is 0 Å². The lowest BCUT2D eigenvalue weighted by Gasteiger charge is -2.44. The summed E-state index contributed by atoms with van der Waals surface area (Å²) < 4.78 is 0. The molecule has 2 amide bonds. The fourth-order valence-electron chi connectivity index (χ4n) is 6.25. The van der Waals surface area contributed by atoms with Crippen LogP contribution >= 0.6 is 0 Å². The third-order valence-electron chi connectivity index (χ3n) is 7.71. The quantitative estimate of drug-likeness (QED) is 0.442. The molecule has 3 aliphatic rings. The Hall–Kier alpha value is -2.96. The summed E-state index contributed by atoms with van der Waals surface area (Å²) in [6, 6.07) is 7.85. The first kappa shape index (κ1) is 20.0. The number of aromatic nitrogens is 1. The van der Waals surface area contributed by atoms with Gasteiger partial charge < -0.3 is 4.98 Å². The van der Waals surface area contributed by atoms with E-state index in [-0.39, 0.29) is 29.3 Å². The number of fused-ring (bicyclic) bond motifs is 6. The van der Waals surface area contributed by atoms with E-state index in [0.29, 0.717) is 17.5 Å². The molecule has 1 aromatic carbocycles. The lowest BCUT2D eigenvalue weighted by molar-refractivity contribution is -0.384. The molecule has 1 unspecified atom stereocenters. The summed E-state index contributed by atoms with van der Waals surface area (Å²) in [5.41, 5.74) is 3.23. The number of nitrogens with one attached hydrogen (secondary N) is 1. The second-order valence-corrected chi connectivity index (χ2v) is 9.70. The van der Waals surface area contributed by atoms with Crippen LogP contribution in [0.5, 0.6) is 0 Å². The van der Waals surface area contributed by atoms with Gasteiger partial charge in [-0.15, -0.1) is 0 Å². The summed E-state index contributed by atoms with van der Waals surface area (Å²) >= 11 is 0. The molecule has 7 nitrogen and oxygen atoms in total. The van der Waals surface area contributed by atoms with Gasteiger partial charge in [0.2, 0.25) is 11.8 Å². The number of anilines is 1. The van der Waals surface area contributed by atoms with Crippen LogP contribution in [0.15, 0.2) is 30.3 Å². The first-order valence-corrected chi connectivity index (χ1v) is 11.1. The van der Waals surface area contributed by atoms with Crippen LogP contribution in [0.4, 0.5) is 11.4 Å². The second-order valence-electron chi connectivity index (χ2n) is 9.70. The Morgan fingerprint density at radius 3 is 2.65 bits per heavy atom. The van der Waals surface area contributed by atoms with Gasteiger partial charge in [0.05, 0.1) is 22.4 Å². The number of benzene rings is 1. The van der Waals surface area contributed by atoms with Gasteiger partial charge in [-0.1, -0.05) is 19.9 Å². The van der Waals surface area contributed by atoms with Gasteiger partial charge in [0.15, 0.2) is 0 Å². The van der Waals surface area contributed by atoms with Crippen molar-refractivity contribution >= 4 is 23.2 Å². The standard InChI is InChI=1S/C24H27N3O4/c1-12(2)14-7-8-17-18(10-14)20-21(19-9-13(3)25-22(17)19)24(29)26(23(20)28)15-5-4-6-16(11-15)27(30)31/h4-6,9,11-12,14,17-18,20-21,25H,7-8,10H2,1-3H3/t14?,17-,18+,20+,21-/m1/s1. The van der Waals surface area contributed by atoms with E-state index in [1.54, 1.807) is 6.07 Å². The molecule has 2 fully saturated rings. The van der Waals surface area contributed by atoms with E-state index in [9.17, 15) is 19.7 Å². The van der Waals surface area contributed by atoms with Crippen molar-refractivity contribution in [2.45, 2.75) is 51.9 Å². The van der Waals surface area contributed by atoms with E-state index < -0.39 is 16.8 Å². The van der Waals surface area contributed by atoms with Gasteiger partial charge in [-0.3, -0.25) is 19.7 Å². The molecule has 1 aliphatic heterocycles. The summed E-state index contributed by atoms with van der Waals surface area (Å²) in [5, 5.41) is 11.2. The number of non-ortho nitro benzene ring substituents is 1. The normalized spacial score (nSPS) is 29.7. The minimum atomic E-state index is -0.515. The fraction of sp³-hybridized carbons (Fsp3) is 0.500. The number of amides is 2. The second kappa shape index (κ2) is 7.04. The number of nitrogens with zero attached hydrogens (tertiary/aromatic N) is 2. The van der Waals surface area contributed by atoms with Crippen molar-refractivity contribution in [1.29, 1.82) is 0 Å². The van der Waals surface area contributed by atoms with Gasteiger partial charge in [0, 0.05) is 29.4 Å². The average Bonchev–Trinajstić information content (AvgIpc) is 3.24. The lowest BCUT2D eigenvalue weighted by atomic mass is 9.58. The zero-order valence-corrected chi connectivity index (χ0v) is 18.0. The van der Waals surface area contributed by atoms with E-state index in [1.807, 2.05) is 13.0 Å². The summed E-state index contributed by atoms with van der Waals surface area (Å²) in [7, 11) is 0. The van der Waals surface area contributed by atoms with Gasteiger partial charge in [0.25, 0.3) is 5.69 Å². The van der Waals surface area contributed by atoms with Gasteiger partial charge in [0.1, 0.15) is 0 Å². The molecule has 2 aliphatic carbocycles. The summed E-state index contributed by atoms with van der Waals surface area (Å²) in [6.07, 6.45) is 3.08. The van der Waals surface area contributed by atoms with E-state index in [2.05, 4.69) is 18.8 Å². The van der Waals surface area contributed by atoms with Crippen molar-refractivity contribution in [2.75, 3.05) is 4.90 Å².